The Morgan fingerprint density at radius 2 is 1.85 bits per heavy atom. The third-order valence-corrected chi connectivity index (χ3v) is 7.38. The number of nitrogens with one attached hydrogen (secondary N) is 1. The van der Waals surface area contributed by atoms with Crippen molar-refractivity contribution in [3.63, 3.8) is 0 Å². The zero-order chi connectivity index (χ0) is 23.6. The van der Waals surface area contributed by atoms with Crippen molar-refractivity contribution in [3.05, 3.63) is 59.8 Å². The molecule has 1 N–H and O–H groups in total. The van der Waals surface area contributed by atoms with E-state index in [4.69, 9.17) is 21.1 Å². The molecule has 0 radical (unpaired) electrons. The summed E-state index contributed by atoms with van der Waals surface area (Å²) < 4.78 is 38.6. The Morgan fingerprint density at radius 3 is 2.55 bits per heavy atom. The predicted octanol–water partition coefficient (Wildman–Crippen LogP) is 3.70. The molecule has 174 valence electrons. The Labute approximate surface area is 197 Å². The monoisotopic (exact) mass is 489 g/mol. The maximum atomic E-state index is 12.9. The number of amides is 1. The summed E-state index contributed by atoms with van der Waals surface area (Å²) >= 11 is 6.18. The summed E-state index contributed by atoms with van der Waals surface area (Å²) in [7, 11) is -3.65. The molecule has 0 saturated carbocycles. The van der Waals surface area contributed by atoms with E-state index in [1.807, 2.05) is 19.9 Å². The highest BCUT2D eigenvalue weighted by Crippen LogP contribution is 2.29. The number of benzene rings is 2. The molecule has 4 rings (SSSR count). The molecule has 1 aromatic heterocycles. The van der Waals surface area contributed by atoms with Gasteiger partial charge in [-0.15, -0.1) is 0 Å². The summed E-state index contributed by atoms with van der Waals surface area (Å²) in [5.41, 5.74) is 1.03. The van der Waals surface area contributed by atoms with Crippen LogP contribution in [-0.4, -0.2) is 55.5 Å². The van der Waals surface area contributed by atoms with E-state index in [1.165, 1.54) is 16.4 Å². The first-order valence-corrected chi connectivity index (χ1v) is 12.3. The zero-order valence-electron chi connectivity index (χ0n) is 18.2. The van der Waals surface area contributed by atoms with Gasteiger partial charge in [0.15, 0.2) is 6.61 Å². The van der Waals surface area contributed by atoms with Crippen molar-refractivity contribution in [2.45, 2.75) is 31.0 Å². The molecule has 1 amide bonds. The summed E-state index contributed by atoms with van der Waals surface area (Å²) in [6.45, 7) is 4.06. The molecular weight excluding hydrogens is 466 g/mol. The van der Waals surface area contributed by atoms with Gasteiger partial charge in [-0.25, -0.2) is 8.42 Å². The molecule has 2 unspecified atom stereocenters. The van der Waals surface area contributed by atoms with E-state index in [1.54, 1.807) is 36.5 Å². The lowest BCUT2D eigenvalue weighted by molar-refractivity contribution is -0.118. The van der Waals surface area contributed by atoms with Gasteiger partial charge in [0.05, 0.1) is 22.1 Å². The number of anilines is 1. The molecule has 0 bridgehead atoms. The molecule has 0 aliphatic carbocycles. The van der Waals surface area contributed by atoms with Gasteiger partial charge in [0, 0.05) is 30.4 Å². The molecular formula is C23H24ClN3O5S. The Balaban J connectivity index is 1.39. The normalized spacial score (nSPS) is 19.4. The second kappa shape index (κ2) is 9.64. The standard InChI is InChI=1S/C23H24ClN3O5S/c1-15-12-27(13-16(2)32-15)33(29,30)18-7-5-17(6-8-18)26-22(28)14-31-21-10-9-20(24)19-4-3-11-25-23(19)21/h3-11,15-16H,12-14H2,1-2H3,(H,26,28). The van der Waals surface area contributed by atoms with Crippen LogP contribution in [0.15, 0.2) is 59.6 Å². The summed E-state index contributed by atoms with van der Waals surface area (Å²) in [5.74, 6) is 0.0565. The zero-order valence-corrected chi connectivity index (χ0v) is 19.8. The number of hydrogen-bond donors (Lipinski definition) is 1. The van der Waals surface area contributed by atoms with Crippen molar-refractivity contribution >= 4 is 44.1 Å². The van der Waals surface area contributed by atoms with Crippen LogP contribution in [0.1, 0.15) is 13.8 Å². The lowest BCUT2D eigenvalue weighted by Gasteiger charge is -2.34. The number of fused-ring (bicyclic) bond motifs is 1. The van der Waals surface area contributed by atoms with E-state index >= 15 is 0 Å². The van der Waals surface area contributed by atoms with Gasteiger partial charge < -0.3 is 14.8 Å². The van der Waals surface area contributed by atoms with Crippen LogP contribution in [-0.2, 0) is 19.6 Å². The van der Waals surface area contributed by atoms with Gasteiger partial charge >= 0.3 is 0 Å². The van der Waals surface area contributed by atoms with Crippen molar-refractivity contribution in [2.75, 3.05) is 25.0 Å². The number of aromatic nitrogens is 1. The van der Waals surface area contributed by atoms with Gasteiger partial charge in [-0.2, -0.15) is 4.31 Å². The third-order valence-electron chi connectivity index (χ3n) is 5.20. The fourth-order valence-electron chi connectivity index (χ4n) is 3.76. The molecule has 0 spiro atoms. The molecule has 33 heavy (non-hydrogen) atoms. The van der Waals surface area contributed by atoms with Crippen molar-refractivity contribution in [2.24, 2.45) is 0 Å². The topological polar surface area (TPSA) is 97.8 Å². The molecule has 1 fully saturated rings. The molecule has 3 aromatic rings. The number of nitrogens with zero attached hydrogens (tertiary/aromatic N) is 2. The van der Waals surface area contributed by atoms with Gasteiger partial charge in [0.2, 0.25) is 10.0 Å². The number of sulfonamides is 1. The number of morpholine rings is 1. The van der Waals surface area contributed by atoms with E-state index in [0.717, 1.165) is 5.39 Å². The van der Waals surface area contributed by atoms with Crippen LogP contribution < -0.4 is 10.1 Å². The average molecular weight is 490 g/mol. The van der Waals surface area contributed by atoms with Gasteiger partial charge in [-0.1, -0.05) is 11.6 Å². The first-order chi connectivity index (χ1) is 15.7. The maximum Gasteiger partial charge on any atom is 0.262 e. The van der Waals surface area contributed by atoms with Gasteiger partial charge in [-0.3, -0.25) is 9.78 Å². The van der Waals surface area contributed by atoms with Crippen LogP contribution in [0.2, 0.25) is 5.02 Å². The first-order valence-electron chi connectivity index (χ1n) is 10.5. The van der Waals surface area contributed by atoms with Crippen molar-refractivity contribution in [1.82, 2.24) is 9.29 Å². The summed E-state index contributed by atoms with van der Waals surface area (Å²) in [6, 6.07) is 13.0. The Bertz CT molecular complexity index is 1260. The van der Waals surface area contributed by atoms with Gasteiger partial charge in [0.1, 0.15) is 11.3 Å². The second-order valence-electron chi connectivity index (χ2n) is 7.89. The minimum Gasteiger partial charge on any atom is -0.481 e. The molecule has 2 aromatic carbocycles. The number of ether oxygens (including phenoxy) is 2. The van der Waals surface area contributed by atoms with E-state index in [-0.39, 0.29) is 29.6 Å². The number of rotatable bonds is 6. The summed E-state index contributed by atoms with van der Waals surface area (Å²) in [4.78, 5) is 16.8. The second-order valence-corrected chi connectivity index (χ2v) is 10.2. The molecule has 1 aliphatic heterocycles. The minimum absolute atomic E-state index is 0.164. The molecule has 1 aliphatic rings. The van der Waals surface area contributed by atoms with Gasteiger partial charge in [-0.05, 0) is 62.4 Å². The quantitative estimate of drug-likeness (QED) is 0.567. The SMILES string of the molecule is CC1CN(S(=O)(=O)c2ccc(NC(=O)COc3ccc(Cl)c4cccnc34)cc2)CC(C)O1. The fraction of sp³-hybridized carbons (Fsp3) is 0.304. The highest BCUT2D eigenvalue weighted by atomic mass is 35.5. The van der Waals surface area contributed by atoms with Crippen LogP contribution in [0.4, 0.5) is 5.69 Å². The number of hydrogen-bond acceptors (Lipinski definition) is 6. The van der Waals surface area contributed by atoms with Crippen LogP contribution in [0, 0.1) is 0 Å². The third kappa shape index (κ3) is 5.27. The van der Waals surface area contributed by atoms with E-state index in [0.29, 0.717) is 35.1 Å². The van der Waals surface area contributed by atoms with Crippen molar-refractivity contribution < 1.29 is 22.7 Å². The Morgan fingerprint density at radius 1 is 1.15 bits per heavy atom. The lowest BCUT2D eigenvalue weighted by Crippen LogP contribution is -2.48. The van der Waals surface area contributed by atoms with E-state index in [9.17, 15) is 13.2 Å². The smallest absolute Gasteiger partial charge is 0.262 e. The van der Waals surface area contributed by atoms with Crippen LogP contribution in [0.25, 0.3) is 10.9 Å². The maximum absolute atomic E-state index is 12.9. The molecule has 8 nitrogen and oxygen atoms in total. The van der Waals surface area contributed by atoms with Gasteiger partial charge in [0.25, 0.3) is 5.91 Å². The fourth-order valence-corrected chi connectivity index (χ4v) is 5.56. The predicted molar refractivity (Wildman–Crippen MR) is 126 cm³/mol. The number of pyridine rings is 1. The van der Waals surface area contributed by atoms with E-state index in [2.05, 4.69) is 10.3 Å². The Kier molecular flexibility index (Phi) is 6.85. The minimum atomic E-state index is -3.65. The van der Waals surface area contributed by atoms with Crippen LogP contribution >= 0.6 is 11.6 Å². The first kappa shape index (κ1) is 23.4. The molecule has 2 heterocycles. The molecule has 10 heteroatoms. The highest BCUT2D eigenvalue weighted by molar-refractivity contribution is 7.89. The average Bonchev–Trinajstić information content (AvgIpc) is 2.78. The van der Waals surface area contributed by atoms with Crippen molar-refractivity contribution in [1.29, 1.82) is 0 Å². The van der Waals surface area contributed by atoms with Crippen LogP contribution in [0.3, 0.4) is 0 Å². The van der Waals surface area contributed by atoms with E-state index < -0.39 is 10.0 Å². The number of halogens is 1. The Hall–Kier alpha value is -2.72. The lowest BCUT2D eigenvalue weighted by atomic mass is 10.2. The van der Waals surface area contributed by atoms with Crippen LogP contribution in [0.5, 0.6) is 5.75 Å². The highest BCUT2D eigenvalue weighted by Gasteiger charge is 2.32. The van der Waals surface area contributed by atoms with Crippen molar-refractivity contribution in [3.8, 4) is 5.75 Å². The molecule has 2 atom stereocenters. The summed E-state index contributed by atoms with van der Waals surface area (Å²) in [6.07, 6.45) is 1.28. The summed E-state index contributed by atoms with van der Waals surface area (Å²) in [5, 5.41) is 3.99. The largest absolute Gasteiger partial charge is 0.481 e. The molecule has 1 saturated heterocycles. The number of carbonyl (C=O) groups is 1. The number of carbonyl (C=O) groups excluding carboxylic acids is 1.